The maximum Gasteiger partial charge on any atom is 0.159 e. The molecule has 0 aliphatic heterocycles. The smallest absolute Gasteiger partial charge is 0.159 e. The molecule has 0 bridgehead atoms. The fraction of sp³-hybridized carbons (Fsp3) is 0.250. The lowest BCUT2D eigenvalue weighted by Gasteiger charge is -2.21. The zero-order chi connectivity index (χ0) is 14.5. The molecule has 0 spiro atoms. The first kappa shape index (κ1) is 14.6. The summed E-state index contributed by atoms with van der Waals surface area (Å²) < 4.78 is 26.0. The summed E-state index contributed by atoms with van der Waals surface area (Å²) in [5, 5.41) is 10.1. The Hall–Kier alpha value is -1.78. The Morgan fingerprint density at radius 3 is 2.40 bits per heavy atom. The minimum Gasteiger partial charge on any atom is -0.387 e. The minimum absolute atomic E-state index is 0.347. The van der Waals surface area contributed by atoms with Crippen LogP contribution < -0.4 is 0 Å². The lowest BCUT2D eigenvalue weighted by molar-refractivity contribution is 0.123. The molecule has 0 aliphatic rings. The molecule has 2 rings (SSSR count). The second-order valence-corrected chi connectivity index (χ2v) is 4.87. The molecule has 0 heterocycles. The van der Waals surface area contributed by atoms with Crippen molar-refractivity contribution in [2.24, 2.45) is 0 Å². The SMILES string of the molecule is CN(Cc1ccccc1)C[C@H](O)c1ccc(F)c(F)c1. The molecule has 2 aromatic carbocycles. The number of nitrogens with zero attached hydrogens (tertiary/aromatic N) is 1. The van der Waals surface area contributed by atoms with Crippen LogP contribution in [0.1, 0.15) is 17.2 Å². The molecule has 0 saturated carbocycles. The van der Waals surface area contributed by atoms with Crippen molar-refractivity contribution in [2.45, 2.75) is 12.6 Å². The van der Waals surface area contributed by atoms with Crippen LogP contribution in [0.2, 0.25) is 0 Å². The van der Waals surface area contributed by atoms with Crippen LogP contribution in [0, 0.1) is 11.6 Å². The summed E-state index contributed by atoms with van der Waals surface area (Å²) in [6.07, 6.45) is -0.848. The number of aliphatic hydroxyl groups is 1. The lowest BCUT2D eigenvalue weighted by Crippen LogP contribution is -2.24. The molecule has 2 nitrogen and oxygen atoms in total. The molecule has 0 saturated heterocycles. The van der Waals surface area contributed by atoms with Crippen LogP contribution in [0.25, 0.3) is 0 Å². The van der Waals surface area contributed by atoms with Crippen LogP contribution in [-0.2, 0) is 6.54 Å². The maximum atomic E-state index is 13.1. The van der Waals surface area contributed by atoms with Crippen molar-refractivity contribution in [3.63, 3.8) is 0 Å². The molecule has 0 aliphatic carbocycles. The standard InChI is InChI=1S/C16H17F2NO/c1-19(10-12-5-3-2-4-6-12)11-16(20)13-7-8-14(17)15(18)9-13/h2-9,16,20H,10-11H2,1H3/t16-/m0/s1. The van der Waals surface area contributed by atoms with E-state index in [1.54, 1.807) is 0 Å². The number of hydrogen-bond donors (Lipinski definition) is 1. The van der Waals surface area contributed by atoms with Gasteiger partial charge in [0.15, 0.2) is 11.6 Å². The maximum absolute atomic E-state index is 13.1. The van der Waals surface area contributed by atoms with Gasteiger partial charge in [-0.15, -0.1) is 0 Å². The summed E-state index contributed by atoms with van der Waals surface area (Å²) in [5.41, 5.74) is 1.51. The van der Waals surface area contributed by atoms with Gasteiger partial charge in [-0.3, -0.25) is 4.90 Å². The number of likely N-dealkylation sites (N-methyl/N-ethyl adjacent to an activating group) is 1. The van der Waals surface area contributed by atoms with Gasteiger partial charge in [0.1, 0.15) is 0 Å². The number of hydrogen-bond acceptors (Lipinski definition) is 2. The van der Waals surface area contributed by atoms with E-state index in [9.17, 15) is 13.9 Å². The Bertz CT molecular complexity index is 560. The Balaban J connectivity index is 1.96. The Morgan fingerprint density at radius 1 is 1.05 bits per heavy atom. The summed E-state index contributed by atoms with van der Waals surface area (Å²) in [6, 6.07) is 13.3. The van der Waals surface area contributed by atoms with E-state index >= 15 is 0 Å². The second kappa shape index (κ2) is 6.59. The summed E-state index contributed by atoms with van der Waals surface area (Å²) in [6.45, 7) is 1.03. The topological polar surface area (TPSA) is 23.5 Å². The van der Waals surface area contributed by atoms with E-state index in [-0.39, 0.29) is 0 Å². The van der Waals surface area contributed by atoms with Crippen molar-refractivity contribution in [1.82, 2.24) is 4.90 Å². The number of benzene rings is 2. The molecule has 106 valence electrons. The van der Waals surface area contributed by atoms with Gasteiger partial charge >= 0.3 is 0 Å². The number of halogens is 2. The highest BCUT2D eigenvalue weighted by molar-refractivity contribution is 5.20. The summed E-state index contributed by atoms with van der Waals surface area (Å²) in [7, 11) is 1.87. The number of rotatable bonds is 5. The van der Waals surface area contributed by atoms with Crippen LogP contribution in [0.4, 0.5) is 8.78 Å². The number of aliphatic hydroxyl groups excluding tert-OH is 1. The van der Waals surface area contributed by atoms with Crippen LogP contribution in [-0.4, -0.2) is 23.6 Å². The van der Waals surface area contributed by atoms with Gasteiger partial charge in [0.2, 0.25) is 0 Å². The summed E-state index contributed by atoms with van der Waals surface area (Å²) >= 11 is 0. The van der Waals surface area contributed by atoms with Gasteiger partial charge in [0.25, 0.3) is 0 Å². The summed E-state index contributed by atoms with van der Waals surface area (Å²) in [5.74, 6) is -1.84. The Morgan fingerprint density at radius 2 is 1.75 bits per heavy atom. The fourth-order valence-corrected chi connectivity index (χ4v) is 2.08. The molecule has 1 N–H and O–H groups in total. The van der Waals surface area contributed by atoms with Gasteiger partial charge in [-0.1, -0.05) is 36.4 Å². The Kier molecular flexibility index (Phi) is 4.82. The third-order valence-corrected chi connectivity index (χ3v) is 3.11. The molecule has 20 heavy (non-hydrogen) atoms. The average Bonchev–Trinajstić information content (AvgIpc) is 2.42. The van der Waals surface area contributed by atoms with E-state index in [1.165, 1.54) is 6.07 Å². The molecule has 0 unspecified atom stereocenters. The molecular formula is C16H17F2NO. The van der Waals surface area contributed by atoms with Crippen molar-refractivity contribution >= 4 is 0 Å². The van der Waals surface area contributed by atoms with Gasteiger partial charge in [-0.05, 0) is 30.3 Å². The largest absolute Gasteiger partial charge is 0.387 e. The molecule has 4 heteroatoms. The zero-order valence-electron chi connectivity index (χ0n) is 11.3. The average molecular weight is 277 g/mol. The van der Waals surface area contributed by atoms with Gasteiger partial charge in [0, 0.05) is 13.1 Å². The molecule has 2 aromatic rings. The highest BCUT2D eigenvalue weighted by atomic mass is 19.2. The monoisotopic (exact) mass is 277 g/mol. The highest BCUT2D eigenvalue weighted by Gasteiger charge is 2.13. The predicted molar refractivity (Wildman–Crippen MR) is 74.1 cm³/mol. The van der Waals surface area contributed by atoms with Crippen LogP contribution in [0.5, 0.6) is 0 Å². The first-order chi connectivity index (χ1) is 9.56. The zero-order valence-corrected chi connectivity index (χ0v) is 11.3. The van der Waals surface area contributed by atoms with E-state index < -0.39 is 17.7 Å². The van der Waals surface area contributed by atoms with E-state index in [1.807, 2.05) is 42.3 Å². The molecule has 1 atom stereocenters. The van der Waals surface area contributed by atoms with E-state index in [2.05, 4.69) is 0 Å². The highest BCUT2D eigenvalue weighted by Crippen LogP contribution is 2.17. The quantitative estimate of drug-likeness (QED) is 0.907. The van der Waals surface area contributed by atoms with Crippen molar-refractivity contribution in [3.8, 4) is 0 Å². The molecule has 0 aromatic heterocycles. The van der Waals surface area contributed by atoms with Crippen LogP contribution in [0.15, 0.2) is 48.5 Å². The normalized spacial score (nSPS) is 12.7. The first-order valence-corrected chi connectivity index (χ1v) is 6.42. The molecule has 0 radical (unpaired) electrons. The Labute approximate surface area is 117 Å². The molecule has 0 fully saturated rings. The fourth-order valence-electron chi connectivity index (χ4n) is 2.08. The van der Waals surface area contributed by atoms with Crippen LogP contribution in [0.3, 0.4) is 0 Å². The van der Waals surface area contributed by atoms with Gasteiger partial charge in [-0.25, -0.2) is 8.78 Å². The lowest BCUT2D eigenvalue weighted by atomic mass is 10.1. The van der Waals surface area contributed by atoms with E-state index in [0.717, 1.165) is 17.7 Å². The third kappa shape index (κ3) is 3.85. The molecule has 0 amide bonds. The van der Waals surface area contributed by atoms with Crippen molar-refractivity contribution in [2.75, 3.05) is 13.6 Å². The summed E-state index contributed by atoms with van der Waals surface area (Å²) in [4.78, 5) is 1.93. The van der Waals surface area contributed by atoms with Crippen molar-refractivity contribution in [3.05, 3.63) is 71.3 Å². The van der Waals surface area contributed by atoms with Crippen molar-refractivity contribution in [1.29, 1.82) is 0 Å². The van der Waals surface area contributed by atoms with Gasteiger partial charge < -0.3 is 5.11 Å². The minimum atomic E-state index is -0.938. The van der Waals surface area contributed by atoms with E-state index in [0.29, 0.717) is 18.7 Å². The molecular weight excluding hydrogens is 260 g/mol. The van der Waals surface area contributed by atoms with Crippen molar-refractivity contribution < 1.29 is 13.9 Å². The van der Waals surface area contributed by atoms with Gasteiger partial charge in [0.05, 0.1) is 6.10 Å². The van der Waals surface area contributed by atoms with Crippen LogP contribution >= 0.6 is 0 Å². The first-order valence-electron chi connectivity index (χ1n) is 6.42. The predicted octanol–water partition coefficient (Wildman–Crippen LogP) is 3.13. The van der Waals surface area contributed by atoms with E-state index in [4.69, 9.17) is 0 Å². The second-order valence-electron chi connectivity index (χ2n) is 4.87. The van der Waals surface area contributed by atoms with Gasteiger partial charge in [-0.2, -0.15) is 0 Å². The third-order valence-electron chi connectivity index (χ3n) is 3.11.